The molecule has 0 aromatic heterocycles. The van der Waals surface area contributed by atoms with Crippen LogP contribution >= 0.6 is 23.4 Å². The summed E-state index contributed by atoms with van der Waals surface area (Å²) in [5.74, 6) is -0.670. The van der Waals surface area contributed by atoms with E-state index >= 15 is 0 Å². The highest BCUT2D eigenvalue weighted by Gasteiger charge is 2.33. The maximum atomic E-state index is 12.3. The van der Waals surface area contributed by atoms with Crippen molar-refractivity contribution in [1.82, 2.24) is 0 Å². The summed E-state index contributed by atoms with van der Waals surface area (Å²) < 4.78 is 5.07. The Morgan fingerprint density at radius 1 is 1.15 bits per heavy atom. The van der Waals surface area contributed by atoms with Gasteiger partial charge in [0.15, 0.2) is 0 Å². The molecule has 1 heterocycles. The molecule has 2 N–H and O–H groups in total. The van der Waals surface area contributed by atoms with Gasteiger partial charge in [-0.3, -0.25) is 0 Å². The third kappa shape index (κ3) is 4.53. The van der Waals surface area contributed by atoms with Gasteiger partial charge in [-0.25, -0.2) is 9.79 Å². The van der Waals surface area contributed by atoms with E-state index < -0.39 is 5.97 Å². The zero-order valence-corrected chi connectivity index (χ0v) is 15.9. The van der Waals surface area contributed by atoms with Crippen molar-refractivity contribution in [3.05, 3.63) is 75.4 Å². The molecular weight excluding hydrogens is 386 g/mol. The van der Waals surface area contributed by atoms with Crippen LogP contribution in [0.5, 0.6) is 5.75 Å². The minimum atomic E-state index is -0.635. The second-order valence-electron chi connectivity index (χ2n) is 5.54. The van der Waals surface area contributed by atoms with E-state index in [2.05, 4.69) is 4.99 Å². The number of hydrogen-bond donors (Lipinski definition) is 2. The zero-order valence-electron chi connectivity index (χ0n) is 14.3. The maximum Gasteiger partial charge on any atom is 0.344 e. The molecule has 2 aromatic rings. The molecule has 27 heavy (non-hydrogen) atoms. The number of esters is 1. The van der Waals surface area contributed by atoms with Gasteiger partial charge in [0.05, 0.1) is 17.2 Å². The second kappa shape index (κ2) is 8.33. The van der Waals surface area contributed by atoms with E-state index in [1.807, 2.05) is 0 Å². The Hall–Kier alpha value is -2.70. The number of aliphatic imine (C=N–C) groups is 1. The molecule has 7 heteroatoms. The van der Waals surface area contributed by atoms with Gasteiger partial charge in [0.1, 0.15) is 22.1 Å². The molecule has 5 nitrogen and oxygen atoms in total. The fraction of sp³-hybridized carbons (Fsp3) is 0.100. The number of phenolic OH excluding ortho intramolecular Hbond substituents is 1. The van der Waals surface area contributed by atoms with Crippen LogP contribution in [0, 0.1) is 0 Å². The van der Waals surface area contributed by atoms with Crippen LogP contribution in [-0.4, -0.2) is 27.8 Å². The smallest absolute Gasteiger partial charge is 0.344 e. The predicted molar refractivity (Wildman–Crippen MR) is 109 cm³/mol. The molecule has 0 fully saturated rings. The van der Waals surface area contributed by atoms with Gasteiger partial charge in [-0.15, -0.1) is 0 Å². The summed E-state index contributed by atoms with van der Waals surface area (Å²) in [6.45, 7) is 1.88. The highest BCUT2D eigenvalue weighted by atomic mass is 35.5. The molecule has 1 aliphatic rings. The Kier molecular flexibility index (Phi) is 5.88. The monoisotopic (exact) mass is 401 g/mol. The summed E-state index contributed by atoms with van der Waals surface area (Å²) in [6.07, 6.45) is 1.71. The molecule has 0 saturated heterocycles. The summed E-state index contributed by atoms with van der Waals surface area (Å²) in [7, 11) is 0. The second-order valence-corrected chi connectivity index (χ2v) is 7.01. The van der Waals surface area contributed by atoms with Gasteiger partial charge < -0.3 is 14.9 Å². The average Bonchev–Trinajstić information content (AvgIpc) is 2.94. The van der Waals surface area contributed by atoms with Crippen LogP contribution in [0.2, 0.25) is 5.02 Å². The lowest BCUT2D eigenvalue weighted by molar-refractivity contribution is -0.138. The van der Waals surface area contributed by atoms with Gasteiger partial charge in [0, 0.05) is 5.02 Å². The van der Waals surface area contributed by atoms with Crippen LogP contribution in [0.3, 0.4) is 0 Å². The molecule has 2 aromatic carbocycles. The van der Waals surface area contributed by atoms with Gasteiger partial charge in [-0.1, -0.05) is 35.5 Å². The standard InChI is InChI=1S/C20H16ClNO4S/c1-2-26-20(25)17-18(24)16(11-12-3-9-15(23)10-4-12)27-19(17)22-14-7-5-13(21)6-8-14/h3-11,23-24H,2H2,1H3. The van der Waals surface area contributed by atoms with Crippen molar-refractivity contribution in [1.29, 1.82) is 0 Å². The Labute approximate surface area is 165 Å². The molecular formula is C20H16ClNO4S. The summed E-state index contributed by atoms with van der Waals surface area (Å²) in [5, 5.41) is 20.9. The van der Waals surface area contributed by atoms with E-state index in [1.54, 1.807) is 61.5 Å². The van der Waals surface area contributed by atoms with Gasteiger partial charge in [-0.05, 0) is 55.0 Å². The lowest BCUT2D eigenvalue weighted by Gasteiger charge is -2.03. The number of ether oxygens (including phenoxy) is 1. The number of aromatic hydroxyl groups is 1. The molecule has 0 atom stereocenters. The van der Waals surface area contributed by atoms with Crippen LogP contribution in [-0.2, 0) is 9.53 Å². The quantitative estimate of drug-likeness (QED) is 0.685. The van der Waals surface area contributed by atoms with Crippen molar-refractivity contribution in [3.63, 3.8) is 0 Å². The van der Waals surface area contributed by atoms with Crippen LogP contribution < -0.4 is 0 Å². The lowest BCUT2D eigenvalue weighted by atomic mass is 10.1. The SMILES string of the molecule is CCOC(=O)C1=C(O)C(=Cc2ccc(O)cc2)SC1=Nc1ccc(Cl)cc1. The van der Waals surface area contributed by atoms with Crippen LogP contribution in [0.25, 0.3) is 6.08 Å². The van der Waals surface area contributed by atoms with E-state index in [0.717, 1.165) is 5.56 Å². The zero-order chi connectivity index (χ0) is 19.4. The molecule has 0 bridgehead atoms. The third-order valence-corrected chi connectivity index (χ3v) is 4.89. The number of hydrogen-bond acceptors (Lipinski definition) is 6. The molecule has 0 saturated carbocycles. The van der Waals surface area contributed by atoms with Gasteiger partial charge in [0.25, 0.3) is 0 Å². The Balaban J connectivity index is 2.02. The number of nitrogens with zero attached hydrogens (tertiary/aromatic N) is 1. The average molecular weight is 402 g/mol. The fourth-order valence-electron chi connectivity index (χ4n) is 2.35. The van der Waals surface area contributed by atoms with Crippen molar-refractivity contribution in [2.24, 2.45) is 4.99 Å². The highest BCUT2D eigenvalue weighted by Crippen LogP contribution is 2.40. The normalized spacial score (nSPS) is 17.0. The lowest BCUT2D eigenvalue weighted by Crippen LogP contribution is -2.12. The number of halogens is 1. The summed E-state index contributed by atoms with van der Waals surface area (Å²) >= 11 is 7.06. The first-order valence-corrected chi connectivity index (χ1v) is 9.31. The van der Waals surface area contributed by atoms with Crippen molar-refractivity contribution in [2.75, 3.05) is 6.61 Å². The Bertz CT molecular complexity index is 947. The Morgan fingerprint density at radius 2 is 1.81 bits per heavy atom. The van der Waals surface area contributed by atoms with Crippen molar-refractivity contribution in [3.8, 4) is 5.75 Å². The molecule has 3 rings (SSSR count). The van der Waals surface area contributed by atoms with Crippen molar-refractivity contribution in [2.45, 2.75) is 6.92 Å². The van der Waals surface area contributed by atoms with Gasteiger partial charge in [0.2, 0.25) is 0 Å². The number of thioether (sulfide) groups is 1. The first-order chi connectivity index (χ1) is 13.0. The van der Waals surface area contributed by atoms with Crippen LogP contribution in [0.1, 0.15) is 12.5 Å². The third-order valence-electron chi connectivity index (χ3n) is 3.62. The summed E-state index contributed by atoms with van der Waals surface area (Å²) in [4.78, 5) is 17.3. The fourth-order valence-corrected chi connectivity index (χ4v) is 3.51. The van der Waals surface area contributed by atoms with Crippen LogP contribution in [0.15, 0.2) is 69.8 Å². The topological polar surface area (TPSA) is 79.1 Å². The molecule has 0 aliphatic carbocycles. The molecule has 0 radical (unpaired) electrons. The summed E-state index contributed by atoms with van der Waals surface area (Å²) in [5.41, 5.74) is 1.39. The number of rotatable bonds is 4. The summed E-state index contributed by atoms with van der Waals surface area (Å²) in [6, 6.07) is 13.3. The number of phenols is 1. The molecule has 0 amide bonds. The highest BCUT2D eigenvalue weighted by molar-refractivity contribution is 8.18. The molecule has 0 unspecified atom stereocenters. The van der Waals surface area contributed by atoms with E-state index in [1.165, 1.54) is 11.8 Å². The minimum absolute atomic E-state index is 0.0295. The van der Waals surface area contributed by atoms with E-state index in [4.69, 9.17) is 16.3 Å². The van der Waals surface area contributed by atoms with Gasteiger partial charge in [-0.2, -0.15) is 0 Å². The van der Waals surface area contributed by atoms with E-state index in [-0.39, 0.29) is 23.7 Å². The number of aliphatic hydroxyl groups excluding tert-OH is 1. The van der Waals surface area contributed by atoms with E-state index in [9.17, 15) is 15.0 Å². The largest absolute Gasteiger partial charge is 0.508 e. The number of carbonyl (C=O) groups excluding carboxylic acids is 1. The number of benzene rings is 2. The molecule has 0 spiro atoms. The first kappa shape index (κ1) is 19.1. The predicted octanol–water partition coefficient (Wildman–Crippen LogP) is 5.24. The maximum absolute atomic E-state index is 12.3. The molecule has 138 valence electrons. The molecule has 1 aliphatic heterocycles. The Morgan fingerprint density at radius 3 is 2.44 bits per heavy atom. The van der Waals surface area contributed by atoms with Crippen LogP contribution in [0.4, 0.5) is 5.69 Å². The first-order valence-electron chi connectivity index (χ1n) is 8.12. The minimum Gasteiger partial charge on any atom is -0.508 e. The van der Waals surface area contributed by atoms with Gasteiger partial charge >= 0.3 is 5.97 Å². The van der Waals surface area contributed by atoms with Crippen molar-refractivity contribution >= 4 is 46.1 Å². The van der Waals surface area contributed by atoms with E-state index in [0.29, 0.717) is 20.7 Å². The van der Waals surface area contributed by atoms with Crippen molar-refractivity contribution < 1.29 is 19.7 Å². The number of carbonyl (C=O) groups is 1. The number of aliphatic hydroxyl groups is 1.